The van der Waals surface area contributed by atoms with E-state index in [1.54, 1.807) is 0 Å². The first-order valence-electron chi connectivity index (χ1n) is 3.13. The molecule has 6 nitrogen and oxygen atoms in total. The molecule has 1 saturated carbocycles. The first-order chi connectivity index (χ1) is 5.09. The van der Waals surface area contributed by atoms with Crippen molar-refractivity contribution in [1.82, 2.24) is 0 Å². The summed E-state index contributed by atoms with van der Waals surface area (Å²) in [6, 6.07) is 0. The molecule has 0 radical (unpaired) electrons. The molecule has 1 aliphatic carbocycles. The molecule has 1 aliphatic rings. The van der Waals surface area contributed by atoms with E-state index in [1.165, 1.54) is 0 Å². The van der Waals surface area contributed by atoms with E-state index < -0.39 is 23.1 Å². The van der Waals surface area contributed by atoms with E-state index in [-0.39, 0.29) is 12.8 Å². The molecule has 1 fully saturated rings. The van der Waals surface area contributed by atoms with Crippen molar-refractivity contribution in [2.45, 2.75) is 18.9 Å². The Morgan fingerprint density at radius 3 is 2.55 bits per heavy atom. The molecule has 0 unspecified atom stereocenters. The van der Waals surface area contributed by atoms with Crippen molar-refractivity contribution in [1.29, 1.82) is 0 Å². The number of nitrogens with zero attached hydrogens (tertiary/aromatic N) is 1. The minimum atomic E-state index is -0.909. The van der Waals surface area contributed by atoms with Gasteiger partial charge in [-0.05, 0) is 12.8 Å². The fourth-order valence-electron chi connectivity index (χ4n) is 0.975. The van der Waals surface area contributed by atoms with Gasteiger partial charge in [0.05, 0.1) is 5.92 Å². The summed E-state index contributed by atoms with van der Waals surface area (Å²) >= 11 is 0. The summed E-state index contributed by atoms with van der Waals surface area (Å²) in [6.07, 6.45) is -0.0156. The largest absolute Gasteiger partial charge is 0.481 e. The molecule has 0 heterocycles. The fraction of sp³-hybridized carbons (Fsp3) is 0.800. The number of carboxylic acids is 1. The van der Waals surface area contributed by atoms with Crippen molar-refractivity contribution in [2.24, 2.45) is 5.92 Å². The highest BCUT2D eigenvalue weighted by atomic mass is 17.0. The van der Waals surface area contributed by atoms with Crippen LogP contribution in [0.2, 0.25) is 0 Å². The zero-order valence-corrected chi connectivity index (χ0v) is 5.60. The normalized spacial score (nSPS) is 28.7. The highest BCUT2D eigenvalue weighted by Crippen LogP contribution is 2.29. The lowest BCUT2D eigenvalue weighted by Gasteiger charge is -2.29. The van der Waals surface area contributed by atoms with Gasteiger partial charge in [0.1, 0.15) is 6.10 Å². The van der Waals surface area contributed by atoms with Gasteiger partial charge in [-0.25, -0.2) is 0 Å². The van der Waals surface area contributed by atoms with E-state index in [0.717, 1.165) is 0 Å². The Bertz CT molecular complexity index is 185. The standard InChI is InChI=1S/C5H7NO5/c7-5(8)3-1-4(2-3)11-6(9)10/h3-4H,1-2H2,(H,7,8). The van der Waals surface area contributed by atoms with Crippen molar-refractivity contribution in [3.05, 3.63) is 10.1 Å². The van der Waals surface area contributed by atoms with Crippen LogP contribution in [0.1, 0.15) is 12.8 Å². The summed E-state index contributed by atoms with van der Waals surface area (Å²) in [6.45, 7) is 0. The number of aliphatic carboxylic acids is 1. The quantitative estimate of drug-likeness (QED) is 0.466. The topological polar surface area (TPSA) is 89.7 Å². The van der Waals surface area contributed by atoms with Gasteiger partial charge in [-0.2, -0.15) is 0 Å². The monoisotopic (exact) mass is 161 g/mol. The van der Waals surface area contributed by atoms with Gasteiger partial charge >= 0.3 is 5.97 Å². The van der Waals surface area contributed by atoms with E-state index in [2.05, 4.69) is 4.84 Å². The van der Waals surface area contributed by atoms with Gasteiger partial charge < -0.3 is 9.94 Å². The van der Waals surface area contributed by atoms with Gasteiger partial charge in [0, 0.05) is 0 Å². The second-order valence-electron chi connectivity index (χ2n) is 2.46. The Hall–Kier alpha value is -1.33. The summed E-state index contributed by atoms with van der Waals surface area (Å²) in [7, 11) is 0. The molecule has 1 rings (SSSR count). The molecule has 0 amide bonds. The smallest absolute Gasteiger partial charge is 0.306 e. The van der Waals surface area contributed by atoms with Crippen LogP contribution in [0, 0.1) is 16.0 Å². The summed E-state index contributed by atoms with van der Waals surface area (Å²) in [5.74, 6) is -1.37. The van der Waals surface area contributed by atoms with E-state index in [0.29, 0.717) is 0 Å². The van der Waals surface area contributed by atoms with Crippen molar-refractivity contribution in [2.75, 3.05) is 0 Å². The van der Waals surface area contributed by atoms with Crippen LogP contribution in [0.15, 0.2) is 0 Å². The lowest BCUT2D eigenvalue weighted by atomic mass is 9.83. The zero-order valence-electron chi connectivity index (χ0n) is 5.60. The first-order valence-corrected chi connectivity index (χ1v) is 3.13. The van der Waals surface area contributed by atoms with Gasteiger partial charge in [0.2, 0.25) is 0 Å². The SMILES string of the molecule is O=C(O)C1CC(O[N+](=O)[O-])C1. The molecule has 0 bridgehead atoms. The summed E-state index contributed by atoms with van der Waals surface area (Å²) in [5.41, 5.74) is 0. The molecule has 1 N–H and O–H groups in total. The lowest BCUT2D eigenvalue weighted by Crippen LogP contribution is -2.37. The third kappa shape index (κ3) is 1.79. The summed E-state index contributed by atoms with van der Waals surface area (Å²) in [5, 5.41) is 17.2. The van der Waals surface area contributed by atoms with Crippen molar-refractivity contribution >= 4 is 5.97 Å². The fourth-order valence-corrected chi connectivity index (χ4v) is 0.975. The van der Waals surface area contributed by atoms with E-state index >= 15 is 0 Å². The van der Waals surface area contributed by atoms with Crippen LogP contribution in [0.4, 0.5) is 0 Å². The van der Waals surface area contributed by atoms with Gasteiger partial charge in [0.15, 0.2) is 0 Å². The zero-order chi connectivity index (χ0) is 8.43. The van der Waals surface area contributed by atoms with Crippen LogP contribution in [0.5, 0.6) is 0 Å². The van der Waals surface area contributed by atoms with Crippen LogP contribution < -0.4 is 0 Å². The predicted octanol–water partition coefficient (Wildman–Crippen LogP) is 0.0579. The minimum Gasteiger partial charge on any atom is -0.481 e. The lowest BCUT2D eigenvalue weighted by molar-refractivity contribution is -0.772. The van der Waals surface area contributed by atoms with Crippen molar-refractivity contribution in [3.63, 3.8) is 0 Å². The molecule has 6 heteroatoms. The van der Waals surface area contributed by atoms with Crippen molar-refractivity contribution in [3.8, 4) is 0 Å². The predicted molar refractivity (Wildman–Crippen MR) is 32.2 cm³/mol. The Morgan fingerprint density at radius 1 is 1.64 bits per heavy atom. The maximum absolute atomic E-state index is 10.2. The van der Waals surface area contributed by atoms with Crippen LogP contribution in [-0.2, 0) is 9.63 Å². The molecule has 0 atom stereocenters. The molecule has 11 heavy (non-hydrogen) atoms. The number of carboxylic acid groups (broad SMARTS) is 1. The molecular formula is C5H7NO5. The number of carbonyl (C=O) groups is 1. The molecule has 0 aliphatic heterocycles. The van der Waals surface area contributed by atoms with E-state index in [1.807, 2.05) is 0 Å². The summed E-state index contributed by atoms with van der Waals surface area (Å²) in [4.78, 5) is 24.0. The molecule has 0 aromatic carbocycles. The summed E-state index contributed by atoms with van der Waals surface area (Å²) < 4.78 is 0. The minimum absolute atomic E-state index is 0.246. The van der Waals surface area contributed by atoms with Crippen LogP contribution in [0.25, 0.3) is 0 Å². The molecule has 62 valence electrons. The molecule has 0 saturated heterocycles. The average Bonchev–Trinajstić information content (AvgIpc) is 1.75. The first kappa shape index (κ1) is 7.77. The highest BCUT2D eigenvalue weighted by Gasteiger charge is 2.36. The number of rotatable bonds is 3. The Labute approximate surface area is 61.9 Å². The van der Waals surface area contributed by atoms with Crippen LogP contribution in [-0.4, -0.2) is 22.3 Å². The maximum atomic E-state index is 10.2. The second-order valence-corrected chi connectivity index (χ2v) is 2.46. The average molecular weight is 161 g/mol. The van der Waals surface area contributed by atoms with Gasteiger partial charge in [-0.3, -0.25) is 4.79 Å². The molecular weight excluding hydrogens is 154 g/mol. The molecule has 0 aromatic heterocycles. The third-order valence-corrected chi connectivity index (χ3v) is 1.68. The second kappa shape index (κ2) is 2.73. The Morgan fingerprint density at radius 2 is 2.18 bits per heavy atom. The van der Waals surface area contributed by atoms with Gasteiger partial charge in [-0.1, -0.05) is 0 Å². The Kier molecular flexibility index (Phi) is 1.93. The van der Waals surface area contributed by atoms with Gasteiger partial charge in [-0.15, -0.1) is 10.1 Å². The van der Waals surface area contributed by atoms with Crippen LogP contribution >= 0.6 is 0 Å². The van der Waals surface area contributed by atoms with Crippen molar-refractivity contribution < 1.29 is 19.8 Å². The van der Waals surface area contributed by atoms with Crippen LogP contribution in [0.3, 0.4) is 0 Å². The van der Waals surface area contributed by atoms with E-state index in [9.17, 15) is 14.9 Å². The maximum Gasteiger partial charge on any atom is 0.306 e. The van der Waals surface area contributed by atoms with E-state index in [4.69, 9.17) is 5.11 Å². The number of hydrogen-bond acceptors (Lipinski definition) is 4. The highest BCUT2D eigenvalue weighted by molar-refractivity contribution is 5.71. The number of hydrogen-bond donors (Lipinski definition) is 1. The van der Waals surface area contributed by atoms with Gasteiger partial charge in [0.25, 0.3) is 5.09 Å². The third-order valence-electron chi connectivity index (χ3n) is 1.68. The Balaban J connectivity index is 2.19. The molecule has 0 spiro atoms. The molecule has 0 aromatic rings.